The van der Waals surface area contributed by atoms with E-state index in [1.807, 2.05) is 36.5 Å². The van der Waals surface area contributed by atoms with Gasteiger partial charge in [0.25, 0.3) is 5.56 Å². The zero-order chi connectivity index (χ0) is 22.8. The molecular weight excluding hydrogens is 410 g/mol. The lowest BCUT2D eigenvalue weighted by molar-refractivity contribution is -0.130. The summed E-state index contributed by atoms with van der Waals surface area (Å²) in [5, 5.41) is 4.36. The number of benzene rings is 1. The van der Waals surface area contributed by atoms with Gasteiger partial charge in [-0.1, -0.05) is 18.2 Å². The van der Waals surface area contributed by atoms with Gasteiger partial charge in [0, 0.05) is 52.4 Å². The molecule has 0 atom stereocenters. The number of hydrogen-bond donors (Lipinski definition) is 0. The van der Waals surface area contributed by atoms with Crippen LogP contribution in [0.5, 0.6) is 0 Å². The van der Waals surface area contributed by atoms with Gasteiger partial charge in [-0.2, -0.15) is 5.10 Å². The molecule has 0 spiro atoms. The Morgan fingerprint density at radius 2 is 1.84 bits per heavy atom. The van der Waals surface area contributed by atoms with Crippen molar-refractivity contribution in [2.75, 3.05) is 7.05 Å². The molecule has 0 N–H and O–H groups in total. The van der Waals surface area contributed by atoms with E-state index >= 15 is 0 Å². The Labute approximate surface area is 183 Å². The summed E-state index contributed by atoms with van der Waals surface area (Å²) in [5.41, 5.74) is 1.80. The number of rotatable bonds is 7. The fourth-order valence-electron chi connectivity index (χ4n) is 3.68. The SMILES string of the molecule is CN(Cc1cnn(-c2ccccc2)c1)C(=O)CCCn1cnc2c1c(=O)n(C)c(=O)n2C. The van der Waals surface area contributed by atoms with Crippen LogP contribution in [0.1, 0.15) is 18.4 Å². The van der Waals surface area contributed by atoms with Crippen molar-refractivity contribution in [1.82, 2.24) is 33.4 Å². The quantitative estimate of drug-likeness (QED) is 0.432. The van der Waals surface area contributed by atoms with E-state index in [1.165, 1.54) is 17.9 Å². The molecular formula is C22H25N7O3. The van der Waals surface area contributed by atoms with E-state index in [4.69, 9.17) is 0 Å². The molecule has 32 heavy (non-hydrogen) atoms. The van der Waals surface area contributed by atoms with Gasteiger partial charge >= 0.3 is 5.69 Å². The van der Waals surface area contributed by atoms with Gasteiger partial charge in [-0.15, -0.1) is 0 Å². The summed E-state index contributed by atoms with van der Waals surface area (Å²) in [6.45, 7) is 0.914. The lowest BCUT2D eigenvalue weighted by Crippen LogP contribution is -2.37. The second kappa shape index (κ2) is 8.66. The van der Waals surface area contributed by atoms with Gasteiger partial charge in [0.15, 0.2) is 11.2 Å². The Morgan fingerprint density at radius 3 is 2.59 bits per heavy atom. The van der Waals surface area contributed by atoms with Gasteiger partial charge < -0.3 is 9.47 Å². The number of nitrogens with zero attached hydrogens (tertiary/aromatic N) is 7. The molecule has 0 aliphatic rings. The third-order valence-electron chi connectivity index (χ3n) is 5.51. The van der Waals surface area contributed by atoms with Crippen LogP contribution in [0.2, 0.25) is 0 Å². The highest BCUT2D eigenvalue weighted by atomic mass is 16.2. The normalized spacial score (nSPS) is 11.2. The predicted octanol–water partition coefficient (Wildman–Crippen LogP) is 1.06. The van der Waals surface area contributed by atoms with Gasteiger partial charge in [0.2, 0.25) is 5.91 Å². The van der Waals surface area contributed by atoms with Crippen molar-refractivity contribution >= 4 is 17.1 Å². The molecule has 0 aliphatic heterocycles. The number of amides is 1. The van der Waals surface area contributed by atoms with Crippen molar-refractivity contribution in [1.29, 1.82) is 0 Å². The molecule has 0 saturated carbocycles. The average Bonchev–Trinajstić information content (AvgIpc) is 3.44. The van der Waals surface area contributed by atoms with Crippen molar-refractivity contribution in [3.8, 4) is 5.69 Å². The van der Waals surface area contributed by atoms with Gasteiger partial charge in [0.1, 0.15) is 0 Å². The first-order chi connectivity index (χ1) is 15.4. The van der Waals surface area contributed by atoms with Crippen molar-refractivity contribution in [2.45, 2.75) is 25.9 Å². The van der Waals surface area contributed by atoms with Gasteiger partial charge in [-0.3, -0.25) is 18.7 Å². The molecule has 4 aromatic rings. The van der Waals surface area contributed by atoms with Crippen molar-refractivity contribution in [3.63, 3.8) is 0 Å². The highest BCUT2D eigenvalue weighted by molar-refractivity contribution is 5.76. The molecule has 0 aliphatic carbocycles. The van der Waals surface area contributed by atoms with Crippen LogP contribution < -0.4 is 11.2 Å². The summed E-state index contributed by atoms with van der Waals surface area (Å²) >= 11 is 0. The van der Waals surface area contributed by atoms with Gasteiger partial charge in [-0.05, 0) is 18.6 Å². The summed E-state index contributed by atoms with van der Waals surface area (Å²) in [5.74, 6) is 0.00202. The first-order valence-corrected chi connectivity index (χ1v) is 10.3. The molecule has 10 nitrogen and oxygen atoms in total. The fraction of sp³-hybridized carbons (Fsp3) is 0.318. The summed E-state index contributed by atoms with van der Waals surface area (Å²) in [6.07, 6.45) is 6.09. The van der Waals surface area contributed by atoms with Crippen molar-refractivity contribution < 1.29 is 4.79 Å². The van der Waals surface area contributed by atoms with Crippen LogP contribution in [-0.2, 0) is 32.0 Å². The average molecular weight is 435 g/mol. The molecule has 1 aromatic carbocycles. The third-order valence-corrected chi connectivity index (χ3v) is 5.51. The van der Waals surface area contributed by atoms with Crippen LogP contribution >= 0.6 is 0 Å². The van der Waals surface area contributed by atoms with Crippen LogP contribution in [0, 0.1) is 0 Å². The number of carbonyl (C=O) groups is 1. The second-order valence-electron chi connectivity index (χ2n) is 7.80. The molecule has 0 bridgehead atoms. The van der Waals surface area contributed by atoms with Crippen LogP contribution in [-0.4, -0.2) is 46.3 Å². The van der Waals surface area contributed by atoms with Crippen LogP contribution in [0.25, 0.3) is 16.9 Å². The largest absolute Gasteiger partial charge is 0.341 e. The molecule has 0 saturated heterocycles. The van der Waals surface area contributed by atoms with E-state index in [2.05, 4.69) is 10.1 Å². The minimum absolute atomic E-state index is 0.00202. The Bertz CT molecular complexity index is 1380. The molecule has 166 valence electrons. The first kappa shape index (κ1) is 21.3. The number of para-hydroxylation sites is 1. The van der Waals surface area contributed by atoms with E-state index in [9.17, 15) is 14.4 Å². The lowest BCUT2D eigenvalue weighted by Gasteiger charge is -2.16. The smallest absolute Gasteiger partial charge is 0.332 e. The maximum absolute atomic E-state index is 12.6. The molecule has 0 unspecified atom stereocenters. The number of aromatic nitrogens is 6. The maximum atomic E-state index is 12.6. The third kappa shape index (κ3) is 3.98. The minimum Gasteiger partial charge on any atom is -0.341 e. The van der Waals surface area contributed by atoms with E-state index < -0.39 is 5.69 Å². The zero-order valence-corrected chi connectivity index (χ0v) is 18.3. The topological polar surface area (TPSA) is 100.0 Å². The van der Waals surface area contributed by atoms with Gasteiger partial charge in [0.05, 0.1) is 18.2 Å². The summed E-state index contributed by atoms with van der Waals surface area (Å²) in [4.78, 5) is 43.0. The fourth-order valence-corrected chi connectivity index (χ4v) is 3.68. The van der Waals surface area contributed by atoms with Gasteiger partial charge in [-0.25, -0.2) is 14.5 Å². The Kier molecular flexibility index (Phi) is 5.76. The first-order valence-electron chi connectivity index (χ1n) is 10.3. The highest BCUT2D eigenvalue weighted by Gasteiger charge is 2.15. The highest BCUT2D eigenvalue weighted by Crippen LogP contribution is 2.11. The lowest BCUT2D eigenvalue weighted by atomic mass is 10.2. The van der Waals surface area contributed by atoms with Crippen molar-refractivity contribution in [2.24, 2.45) is 14.1 Å². The number of imidazole rings is 1. The number of hydrogen-bond acceptors (Lipinski definition) is 5. The monoisotopic (exact) mass is 435 g/mol. The molecule has 0 fully saturated rings. The minimum atomic E-state index is -0.417. The summed E-state index contributed by atoms with van der Waals surface area (Å²) in [7, 11) is 4.79. The molecule has 3 heterocycles. The Morgan fingerprint density at radius 1 is 1.09 bits per heavy atom. The Balaban J connectivity index is 1.37. The van der Waals surface area contributed by atoms with Crippen LogP contribution in [0.15, 0.2) is 58.6 Å². The maximum Gasteiger partial charge on any atom is 0.332 e. The predicted molar refractivity (Wildman–Crippen MR) is 119 cm³/mol. The van der Waals surface area contributed by atoms with E-state index in [0.717, 1.165) is 15.8 Å². The molecule has 3 aromatic heterocycles. The summed E-state index contributed by atoms with van der Waals surface area (Å²) < 4.78 is 5.90. The van der Waals surface area contributed by atoms with Crippen LogP contribution in [0.4, 0.5) is 0 Å². The number of fused-ring (bicyclic) bond motifs is 1. The molecule has 4 rings (SSSR count). The standard InChI is InChI=1S/C22H25N7O3/c1-25(13-16-12-24-29(14-16)17-8-5-4-6-9-17)18(30)10-7-11-28-15-23-20-19(28)21(31)27(3)22(32)26(20)2/h4-6,8-9,12,14-15H,7,10-11,13H2,1-3H3. The second-order valence-corrected chi connectivity index (χ2v) is 7.80. The Hall–Kier alpha value is -3.95. The van der Waals surface area contributed by atoms with Crippen LogP contribution in [0.3, 0.4) is 0 Å². The molecule has 0 radical (unpaired) electrons. The molecule has 1 amide bonds. The number of carbonyl (C=O) groups excluding carboxylic acids is 1. The van der Waals surface area contributed by atoms with E-state index in [0.29, 0.717) is 37.1 Å². The van der Waals surface area contributed by atoms with E-state index in [-0.39, 0.29) is 11.5 Å². The van der Waals surface area contributed by atoms with Crippen molar-refractivity contribution in [3.05, 3.63) is 75.5 Å². The number of aryl methyl sites for hydroxylation is 2. The van der Waals surface area contributed by atoms with E-state index in [1.54, 1.807) is 34.4 Å². The zero-order valence-electron chi connectivity index (χ0n) is 18.3. The molecule has 10 heteroatoms. The summed E-state index contributed by atoms with van der Waals surface area (Å²) in [6, 6.07) is 9.79.